The van der Waals surface area contributed by atoms with Gasteiger partial charge in [-0.2, -0.15) is 0 Å². The Hall–Kier alpha value is -1.55. The molecular formula is C20H30N2O2. The molecule has 0 radical (unpaired) electrons. The second-order valence-corrected chi connectivity index (χ2v) is 7.06. The van der Waals surface area contributed by atoms with E-state index in [4.69, 9.17) is 4.74 Å². The average Bonchev–Trinajstić information content (AvgIpc) is 2.62. The van der Waals surface area contributed by atoms with E-state index in [2.05, 4.69) is 10.2 Å². The number of amides is 1. The van der Waals surface area contributed by atoms with Crippen molar-refractivity contribution in [2.24, 2.45) is 5.92 Å². The van der Waals surface area contributed by atoms with Crippen LogP contribution in [0.4, 0.5) is 0 Å². The van der Waals surface area contributed by atoms with E-state index >= 15 is 0 Å². The maximum absolute atomic E-state index is 12.3. The predicted molar refractivity (Wildman–Crippen MR) is 96.3 cm³/mol. The Morgan fingerprint density at radius 3 is 2.75 bits per heavy atom. The molecule has 2 fully saturated rings. The lowest BCUT2D eigenvalue weighted by atomic mass is 9.83. The van der Waals surface area contributed by atoms with Gasteiger partial charge in [-0.25, -0.2) is 0 Å². The normalized spacial score (nSPS) is 24.2. The molecule has 24 heavy (non-hydrogen) atoms. The lowest BCUT2D eigenvalue weighted by molar-refractivity contribution is -0.120. The van der Waals surface area contributed by atoms with Gasteiger partial charge in [-0.15, -0.1) is 0 Å². The Bertz CT molecular complexity index is 527. The van der Waals surface area contributed by atoms with Gasteiger partial charge < -0.3 is 15.0 Å². The molecule has 132 valence electrons. The number of rotatable bonds is 6. The third kappa shape index (κ3) is 4.50. The van der Waals surface area contributed by atoms with Gasteiger partial charge in [-0.05, 0) is 69.3 Å². The van der Waals surface area contributed by atoms with Crippen molar-refractivity contribution in [2.75, 3.05) is 26.2 Å². The molecule has 0 saturated carbocycles. The summed E-state index contributed by atoms with van der Waals surface area (Å²) in [7, 11) is 0. The van der Waals surface area contributed by atoms with Gasteiger partial charge in [0.05, 0.1) is 13.0 Å². The zero-order valence-corrected chi connectivity index (χ0v) is 14.8. The lowest BCUT2D eigenvalue weighted by Crippen LogP contribution is -2.51. The lowest BCUT2D eigenvalue weighted by Gasteiger charge is -2.44. The second kappa shape index (κ2) is 8.52. The molecule has 1 aromatic carbocycles. The molecule has 0 unspecified atom stereocenters. The van der Waals surface area contributed by atoms with E-state index in [0.29, 0.717) is 25.0 Å². The number of ether oxygens (including phenoxy) is 1. The van der Waals surface area contributed by atoms with Crippen LogP contribution in [-0.4, -0.2) is 43.1 Å². The number of fused-ring (bicyclic) bond motifs is 1. The Morgan fingerprint density at radius 1 is 1.17 bits per heavy atom. The number of benzene rings is 1. The van der Waals surface area contributed by atoms with Crippen molar-refractivity contribution in [2.45, 2.75) is 51.5 Å². The first-order valence-electron chi connectivity index (χ1n) is 9.48. The molecule has 4 nitrogen and oxygen atoms in total. The molecule has 1 aromatic rings. The van der Waals surface area contributed by atoms with Gasteiger partial charge in [0.25, 0.3) is 0 Å². The van der Waals surface area contributed by atoms with E-state index in [0.717, 1.165) is 17.9 Å². The van der Waals surface area contributed by atoms with Gasteiger partial charge in [0.2, 0.25) is 5.91 Å². The van der Waals surface area contributed by atoms with Crippen molar-refractivity contribution >= 4 is 5.91 Å². The van der Waals surface area contributed by atoms with Crippen LogP contribution in [0.5, 0.6) is 5.75 Å². The fourth-order valence-corrected chi connectivity index (χ4v) is 4.18. The van der Waals surface area contributed by atoms with E-state index in [9.17, 15) is 4.79 Å². The van der Waals surface area contributed by atoms with E-state index in [1.54, 1.807) is 0 Å². The molecule has 1 N–H and O–H groups in total. The molecule has 2 aliphatic heterocycles. The average molecular weight is 330 g/mol. The maximum Gasteiger partial charge on any atom is 0.224 e. The summed E-state index contributed by atoms with van der Waals surface area (Å²) in [5.41, 5.74) is 1.04. The topological polar surface area (TPSA) is 41.6 Å². The fraction of sp³-hybridized carbons (Fsp3) is 0.650. The maximum atomic E-state index is 12.3. The monoisotopic (exact) mass is 330 g/mol. The van der Waals surface area contributed by atoms with Crippen LogP contribution in [0.15, 0.2) is 24.3 Å². The molecule has 0 aliphatic carbocycles. The van der Waals surface area contributed by atoms with E-state index in [1.807, 2.05) is 31.2 Å². The van der Waals surface area contributed by atoms with Gasteiger partial charge in [-0.1, -0.05) is 18.6 Å². The van der Waals surface area contributed by atoms with Crippen LogP contribution in [-0.2, 0) is 11.2 Å². The van der Waals surface area contributed by atoms with E-state index in [1.165, 1.54) is 45.2 Å². The van der Waals surface area contributed by atoms with Crippen LogP contribution in [0.3, 0.4) is 0 Å². The van der Waals surface area contributed by atoms with Crippen molar-refractivity contribution in [3.05, 3.63) is 29.8 Å². The highest BCUT2D eigenvalue weighted by Crippen LogP contribution is 2.30. The summed E-state index contributed by atoms with van der Waals surface area (Å²) in [6, 6.07) is 8.53. The summed E-state index contributed by atoms with van der Waals surface area (Å²) in [5.74, 6) is 1.62. The SMILES string of the molecule is CCOc1ccc(CC(=O)NC[C@@H]2CCCN3CCCC[C@H]23)cc1. The van der Waals surface area contributed by atoms with Crippen LogP contribution >= 0.6 is 0 Å². The Labute approximate surface area is 145 Å². The number of piperidine rings is 2. The largest absolute Gasteiger partial charge is 0.494 e. The number of nitrogens with zero attached hydrogens (tertiary/aromatic N) is 1. The molecular weight excluding hydrogens is 300 g/mol. The van der Waals surface area contributed by atoms with Gasteiger partial charge >= 0.3 is 0 Å². The number of carbonyl (C=O) groups excluding carboxylic acids is 1. The summed E-state index contributed by atoms with van der Waals surface area (Å²) in [6.45, 7) is 5.97. The van der Waals surface area contributed by atoms with Crippen molar-refractivity contribution in [3.63, 3.8) is 0 Å². The molecule has 2 aliphatic rings. The molecule has 0 bridgehead atoms. The minimum atomic E-state index is 0.132. The second-order valence-electron chi connectivity index (χ2n) is 7.06. The summed E-state index contributed by atoms with van der Waals surface area (Å²) >= 11 is 0. The summed E-state index contributed by atoms with van der Waals surface area (Å²) in [5, 5.41) is 3.18. The Morgan fingerprint density at radius 2 is 1.96 bits per heavy atom. The fourth-order valence-electron chi connectivity index (χ4n) is 4.18. The first kappa shape index (κ1) is 17.3. The Kier molecular flexibility index (Phi) is 6.13. The third-order valence-electron chi connectivity index (χ3n) is 5.39. The van der Waals surface area contributed by atoms with Gasteiger partial charge in [0.1, 0.15) is 5.75 Å². The highest BCUT2D eigenvalue weighted by atomic mass is 16.5. The van der Waals surface area contributed by atoms with Gasteiger partial charge in [-0.3, -0.25) is 4.79 Å². The molecule has 4 heteroatoms. The summed E-state index contributed by atoms with van der Waals surface area (Å²) in [4.78, 5) is 14.9. The summed E-state index contributed by atoms with van der Waals surface area (Å²) in [6.07, 6.45) is 6.97. The Balaban J connectivity index is 1.46. The quantitative estimate of drug-likeness (QED) is 0.872. The number of nitrogens with one attached hydrogen (secondary N) is 1. The molecule has 2 atom stereocenters. The number of hydrogen-bond donors (Lipinski definition) is 1. The molecule has 1 amide bonds. The summed E-state index contributed by atoms with van der Waals surface area (Å²) < 4.78 is 5.44. The minimum absolute atomic E-state index is 0.132. The molecule has 2 heterocycles. The molecule has 3 rings (SSSR count). The smallest absolute Gasteiger partial charge is 0.224 e. The van der Waals surface area contributed by atoms with Crippen molar-refractivity contribution in [1.82, 2.24) is 10.2 Å². The molecule has 0 spiro atoms. The highest BCUT2D eigenvalue weighted by Gasteiger charge is 2.32. The van der Waals surface area contributed by atoms with Crippen LogP contribution in [0.25, 0.3) is 0 Å². The highest BCUT2D eigenvalue weighted by molar-refractivity contribution is 5.78. The zero-order chi connectivity index (χ0) is 16.8. The number of carbonyl (C=O) groups is 1. The van der Waals surface area contributed by atoms with Crippen LogP contribution in [0, 0.1) is 5.92 Å². The van der Waals surface area contributed by atoms with Crippen LogP contribution in [0.2, 0.25) is 0 Å². The zero-order valence-electron chi connectivity index (χ0n) is 14.8. The minimum Gasteiger partial charge on any atom is -0.494 e. The molecule has 0 aromatic heterocycles. The first-order valence-corrected chi connectivity index (χ1v) is 9.48. The van der Waals surface area contributed by atoms with Crippen molar-refractivity contribution in [3.8, 4) is 5.75 Å². The number of hydrogen-bond acceptors (Lipinski definition) is 3. The standard InChI is InChI=1S/C20H30N2O2/c1-2-24-18-10-8-16(9-11-18)14-20(23)21-15-17-6-5-13-22-12-4-3-7-19(17)22/h8-11,17,19H,2-7,12-15H2,1H3,(H,21,23)/t17-,19+/m0/s1. The third-order valence-corrected chi connectivity index (χ3v) is 5.39. The van der Waals surface area contributed by atoms with Crippen molar-refractivity contribution < 1.29 is 9.53 Å². The van der Waals surface area contributed by atoms with Gasteiger partial charge in [0.15, 0.2) is 0 Å². The van der Waals surface area contributed by atoms with E-state index < -0.39 is 0 Å². The van der Waals surface area contributed by atoms with Gasteiger partial charge in [0, 0.05) is 12.6 Å². The predicted octanol–water partition coefficient (Wildman–Crippen LogP) is 3.01. The van der Waals surface area contributed by atoms with Crippen molar-refractivity contribution in [1.29, 1.82) is 0 Å². The van der Waals surface area contributed by atoms with Crippen LogP contribution < -0.4 is 10.1 Å². The van der Waals surface area contributed by atoms with E-state index in [-0.39, 0.29) is 5.91 Å². The molecule has 2 saturated heterocycles. The van der Waals surface area contributed by atoms with Crippen LogP contribution in [0.1, 0.15) is 44.6 Å². The first-order chi connectivity index (χ1) is 11.8.